The second-order valence-corrected chi connectivity index (χ2v) is 12.4. The van der Waals surface area contributed by atoms with E-state index in [1.165, 1.54) is 21.8 Å². The first-order chi connectivity index (χ1) is 24.3. The molecule has 230 valence electrons. The van der Waals surface area contributed by atoms with Gasteiger partial charge in [-0.3, -0.25) is 4.98 Å². The first-order valence-electron chi connectivity index (χ1n) is 16.5. The van der Waals surface area contributed by atoms with Crippen LogP contribution in [0.15, 0.2) is 176 Å². The molecule has 0 fully saturated rings. The lowest BCUT2D eigenvalue weighted by Crippen LogP contribution is -2.15. The molecule has 4 nitrogen and oxygen atoms in total. The first-order valence-corrected chi connectivity index (χ1v) is 16.5. The van der Waals surface area contributed by atoms with Crippen LogP contribution < -0.4 is 9.64 Å². The minimum absolute atomic E-state index is 0.837. The summed E-state index contributed by atoms with van der Waals surface area (Å²) in [6, 6.07) is 60.0. The van der Waals surface area contributed by atoms with Gasteiger partial charge in [0.25, 0.3) is 0 Å². The van der Waals surface area contributed by atoms with Crippen LogP contribution in [0.5, 0.6) is 11.5 Å². The van der Waals surface area contributed by atoms with Gasteiger partial charge in [0.05, 0.1) is 27.9 Å². The Kier molecular flexibility index (Phi) is 6.15. The number of rotatable bonds is 4. The molecule has 1 aliphatic rings. The number of hydrogen-bond donors (Lipinski definition) is 0. The highest BCUT2D eigenvalue weighted by Gasteiger charge is 2.26. The van der Waals surface area contributed by atoms with Gasteiger partial charge in [0, 0.05) is 39.3 Å². The summed E-state index contributed by atoms with van der Waals surface area (Å²) in [4.78, 5) is 6.96. The van der Waals surface area contributed by atoms with Crippen molar-refractivity contribution in [3.63, 3.8) is 0 Å². The van der Waals surface area contributed by atoms with Gasteiger partial charge in [-0.05, 0) is 89.5 Å². The van der Waals surface area contributed by atoms with Crippen LogP contribution in [0.25, 0.3) is 60.6 Å². The fourth-order valence-corrected chi connectivity index (χ4v) is 7.35. The normalized spacial score (nSPS) is 12.2. The molecule has 0 radical (unpaired) electrons. The Hall–Kier alpha value is -6.65. The molecule has 9 aromatic rings. The maximum Gasteiger partial charge on any atom is 0.152 e. The molecule has 10 rings (SSSR count). The third-order valence-electron chi connectivity index (χ3n) is 9.62. The second kappa shape index (κ2) is 11.0. The van der Waals surface area contributed by atoms with Gasteiger partial charge in [-0.25, -0.2) is 0 Å². The molecule has 0 saturated heterocycles. The number of ether oxygens (including phenoxy) is 1. The highest BCUT2D eigenvalue weighted by Crippen LogP contribution is 2.51. The minimum atomic E-state index is 0.837. The molecule has 0 unspecified atom stereocenters. The zero-order valence-corrected chi connectivity index (χ0v) is 26.5. The number of hydrogen-bond acceptors (Lipinski definition) is 3. The number of nitrogens with zero attached hydrogens (tertiary/aromatic N) is 3. The standard InChI is InChI=1S/C45H29N3O/c1-2-12-34(13-3-1)48-41-17-6-7-18-43(41)49-44-29-33(22-26-42(44)48)32-21-25-40-38(28-32)37-14-4-5-16-39(37)47(40)35-23-19-30(20-24-35)36-15-8-10-31-11-9-27-46-45(31)36/h1-29H. The highest BCUT2D eigenvalue weighted by molar-refractivity contribution is 6.10. The molecule has 7 aromatic carbocycles. The van der Waals surface area contributed by atoms with Crippen LogP contribution in [0.3, 0.4) is 0 Å². The fraction of sp³-hybridized carbons (Fsp3) is 0. The van der Waals surface area contributed by atoms with Crippen LogP contribution in [0.1, 0.15) is 0 Å². The van der Waals surface area contributed by atoms with Crippen LogP contribution in [-0.4, -0.2) is 9.55 Å². The maximum atomic E-state index is 6.53. The molecule has 0 bridgehead atoms. The number of benzene rings is 7. The van der Waals surface area contributed by atoms with Crippen molar-refractivity contribution < 1.29 is 4.74 Å². The SMILES string of the molecule is c1ccc(N2c3ccccc3Oc3cc(-c4ccc5c(c4)c4ccccc4n5-c4ccc(-c5cccc6cccnc56)cc4)ccc32)cc1. The molecular weight excluding hydrogens is 599 g/mol. The van der Waals surface area contributed by atoms with E-state index in [-0.39, 0.29) is 0 Å². The summed E-state index contributed by atoms with van der Waals surface area (Å²) in [7, 11) is 0. The molecule has 2 aromatic heterocycles. The average Bonchev–Trinajstić information content (AvgIpc) is 3.50. The lowest BCUT2D eigenvalue weighted by atomic mass is 10.0. The van der Waals surface area contributed by atoms with Crippen LogP contribution in [-0.2, 0) is 0 Å². The van der Waals surface area contributed by atoms with Gasteiger partial charge < -0.3 is 14.2 Å². The third kappa shape index (κ3) is 4.42. The van der Waals surface area contributed by atoms with Gasteiger partial charge in [0.1, 0.15) is 0 Å². The van der Waals surface area contributed by atoms with E-state index in [0.29, 0.717) is 0 Å². The molecule has 4 heteroatoms. The summed E-state index contributed by atoms with van der Waals surface area (Å²) < 4.78 is 8.89. The van der Waals surface area contributed by atoms with Gasteiger partial charge in [-0.2, -0.15) is 0 Å². The molecular formula is C45H29N3O. The van der Waals surface area contributed by atoms with Crippen molar-refractivity contribution in [2.45, 2.75) is 0 Å². The Bertz CT molecular complexity index is 2690. The molecule has 1 aliphatic heterocycles. The van der Waals surface area contributed by atoms with Crippen LogP contribution >= 0.6 is 0 Å². The van der Waals surface area contributed by atoms with Crippen molar-refractivity contribution in [2.24, 2.45) is 0 Å². The number of pyridine rings is 1. The van der Waals surface area contributed by atoms with E-state index in [1.807, 2.05) is 30.5 Å². The Morgan fingerprint density at radius 1 is 0.449 bits per heavy atom. The Balaban J connectivity index is 1.07. The summed E-state index contributed by atoms with van der Waals surface area (Å²) in [5, 5.41) is 3.58. The van der Waals surface area contributed by atoms with E-state index in [0.717, 1.165) is 67.4 Å². The van der Waals surface area contributed by atoms with E-state index in [2.05, 4.69) is 160 Å². The van der Waals surface area contributed by atoms with E-state index < -0.39 is 0 Å². The zero-order chi connectivity index (χ0) is 32.3. The second-order valence-electron chi connectivity index (χ2n) is 12.4. The monoisotopic (exact) mass is 627 g/mol. The predicted octanol–water partition coefficient (Wildman–Crippen LogP) is 12.2. The summed E-state index contributed by atoms with van der Waals surface area (Å²) in [5.41, 5.74) is 12.2. The van der Waals surface area contributed by atoms with Crippen molar-refractivity contribution in [2.75, 3.05) is 4.90 Å². The maximum absolute atomic E-state index is 6.53. The van der Waals surface area contributed by atoms with Crippen LogP contribution in [0.4, 0.5) is 17.1 Å². The van der Waals surface area contributed by atoms with Crippen molar-refractivity contribution in [1.29, 1.82) is 0 Å². The Morgan fingerprint density at radius 3 is 2.08 bits per heavy atom. The van der Waals surface area contributed by atoms with E-state index >= 15 is 0 Å². The molecule has 0 aliphatic carbocycles. The van der Waals surface area contributed by atoms with Crippen molar-refractivity contribution >= 4 is 49.8 Å². The van der Waals surface area contributed by atoms with E-state index in [9.17, 15) is 0 Å². The number of aromatic nitrogens is 2. The summed E-state index contributed by atoms with van der Waals surface area (Å²) in [6.07, 6.45) is 1.86. The molecule has 0 saturated carbocycles. The quantitative estimate of drug-likeness (QED) is 0.194. The van der Waals surface area contributed by atoms with Gasteiger partial charge in [0.2, 0.25) is 0 Å². The summed E-state index contributed by atoms with van der Waals surface area (Å²) >= 11 is 0. The lowest BCUT2D eigenvalue weighted by molar-refractivity contribution is 0.477. The summed E-state index contributed by atoms with van der Waals surface area (Å²) in [5.74, 6) is 1.68. The molecule has 0 atom stereocenters. The minimum Gasteiger partial charge on any atom is -0.453 e. The van der Waals surface area contributed by atoms with E-state index in [4.69, 9.17) is 4.74 Å². The zero-order valence-electron chi connectivity index (χ0n) is 26.5. The topological polar surface area (TPSA) is 30.3 Å². The summed E-state index contributed by atoms with van der Waals surface area (Å²) in [6.45, 7) is 0. The number of fused-ring (bicyclic) bond motifs is 6. The van der Waals surface area contributed by atoms with Crippen LogP contribution in [0, 0.1) is 0 Å². The van der Waals surface area contributed by atoms with Crippen molar-refractivity contribution in [1.82, 2.24) is 9.55 Å². The van der Waals surface area contributed by atoms with E-state index in [1.54, 1.807) is 0 Å². The third-order valence-corrected chi connectivity index (χ3v) is 9.62. The Morgan fingerprint density at radius 2 is 1.16 bits per heavy atom. The molecule has 49 heavy (non-hydrogen) atoms. The molecule has 0 amide bonds. The average molecular weight is 628 g/mol. The van der Waals surface area contributed by atoms with Crippen molar-refractivity contribution in [3.8, 4) is 39.4 Å². The number of para-hydroxylation sites is 5. The van der Waals surface area contributed by atoms with Gasteiger partial charge in [-0.1, -0.05) is 97.1 Å². The molecule has 0 N–H and O–H groups in total. The van der Waals surface area contributed by atoms with Gasteiger partial charge in [0.15, 0.2) is 11.5 Å². The number of anilines is 3. The predicted molar refractivity (Wildman–Crippen MR) is 202 cm³/mol. The van der Waals surface area contributed by atoms with Gasteiger partial charge >= 0.3 is 0 Å². The van der Waals surface area contributed by atoms with Crippen LogP contribution in [0.2, 0.25) is 0 Å². The molecule has 0 spiro atoms. The van der Waals surface area contributed by atoms with Crippen molar-refractivity contribution in [3.05, 3.63) is 176 Å². The Labute approximate surface area is 283 Å². The smallest absolute Gasteiger partial charge is 0.152 e. The largest absolute Gasteiger partial charge is 0.453 e. The first kappa shape index (κ1) is 27.5. The lowest BCUT2D eigenvalue weighted by Gasteiger charge is -2.33. The van der Waals surface area contributed by atoms with Gasteiger partial charge in [-0.15, -0.1) is 0 Å². The fourth-order valence-electron chi connectivity index (χ4n) is 7.35. The highest BCUT2D eigenvalue weighted by atomic mass is 16.5. The molecule has 3 heterocycles.